The van der Waals surface area contributed by atoms with Crippen molar-refractivity contribution in [3.8, 4) is 0 Å². The first-order valence-electron chi connectivity index (χ1n) is 7.29. The van der Waals surface area contributed by atoms with Crippen molar-refractivity contribution in [3.05, 3.63) is 0 Å². The summed E-state index contributed by atoms with van der Waals surface area (Å²) in [5, 5.41) is 3.51. The standard InChI is InChI=1S/C14H23NO2/c16-14(12-9-10-7-8-13(12)15-10)17-11-5-3-1-2-4-6-11/h10-13,15H,1-9H2. The molecular formula is C14H23NO2. The molecule has 2 heterocycles. The normalized spacial score (nSPS) is 38.0. The predicted molar refractivity (Wildman–Crippen MR) is 65.6 cm³/mol. The molecule has 3 nitrogen and oxygen atoms in total. The van der Waals surface area contributed by atoms with Crippen LogP contribution >= 0.6 is 0 Å². The highest BCUT2D eigenvalue weighted by atomic mass is 16.5. The van der Waals surface area contributed by atoms with Gasteiger partial charge in [0.2, 0.25) is 0 Å². The summed E-state index contributed by atoms with van der Waals surface area (Å²) in [6.07, 6.45) is 10.9. The average Bonchev–Trinajstić information content (AvgIpc) is 2.87. The fourth-order valence-corrected chi connectivity index (χ4v) is 3.70. The van der Waals surface area contributed by atoms with Crippen LogP contribution < -0.4 is 5.32 Å². The van der Waals surface area contributed by atoms with Crippen LogP contribution in [0.1, 0.15) is 57.8 Å². The SMILES string of the molecule is O=C(OC1CCCCCC1)C1CC2CCC1N2. The first kappa shape index (κ1) is 11.5. The zero-order chi connectivity index (χ0) is 11.7. The van der Waals surface area contributed by atoms with Crippen LogP contribution in [0.2, 0.25) is 0 Å². The minimum atomic E-state index is 0.0802. The summed E-state index contributed by atoms with van der Waals surface area (Å²) >= 11 is 0. The van der Waals surface area contributed by atoms with E-state index in [1.165, 1.54) is 32.1 Å². The van der Waals surface area contributed by atoms with Crippen molar-refractivity contribution in [3.63, 3.8) is 0 Å². The molecule has 0 aromatic heterocycles. The molecule has 3 atom stereocenters. The van der Waals surface area contributed by atoms with Crippen LogP contribution in [0.5, 0.6) is 0 Å². The van der Waals surface area contributed by atoms with Crippen molar-refractivity contribution in [2.45, 2.75) is 76.0 Å². The molecule has 1 saturated carbocycles. The molecule has 3 unspecified atom stereocenters. The second kappa shape index (κ2) is 4.97. The Morgan fingerprint density at radius 3 is 2.35 bits per heavy atom. The van der Waals surface area contributed by atoms with E-state index >= 15 is 0 Å². The highest BCUT2D eigenvalue weighted by Crippen LogP contribution is 2.34. The molecular weight excluding hydrogens is 214 g/mol. The third-order valence-electron chi connectivity index (χ3n) is 4.69. The molecule has 0 aromatic carbocycles. The molecule has 2 saturated heterocycles. The van der Waals surface area contributed by atoms with Gasteiger partial charge >= 0.3 is 5.97 Å². The van der Waals surface area contributed by atoms with E-state index in [1.54, 1.807) is 0 Å². The lowest BCUT2D eigenvalue weighted by Gasteiger charge is -2.22. The Hall–Kier alpha value is -0.570. The Labute approximate surface area is 103 Å². The molecule has 1 N–H and O–H groups in total. The van der Waals surface area contributed by atoms with Gasteiger partial charge in [-0.15, -0.1) is 0 Å². The van der Waals surface area contributed by atoms with Gasteiger partial charge in [-0.1, -0.05) is 12.8 Å². The largest absolute Gasteiger partial charge is 0.462 e. The van der Waals surface area contributed by atoms with Crippen LogP contribution in [-0.2, 0) is 9.53 Å². The highest BCUT2D eigenvalue weighted by Gasteiger charge is 2.44. The number of carbonyl (C=O) groups excluding carboxylic acids is 1. The Morgan fingerprint density at radius 1 is 1.00 bits per heavy atom. The van der Waals surface area contributed by atoms with E-state index in [0.29, 0.717) is 12.1 Å². The summed E-state index contributed by atoms with van der Waals surface area (Å²) in [6.45, 7) is 0. The van der Waals surface area contributed by atoms with Crippen LogP contribution in [0.15, 0.2) is 0 Å². The first-order valence-corrected chi connectivity index (χ1v) is 7.29. The second-order valence-corrected chi connectivity index (χ2v) is 5.94. The Kier molecular flexibility index (Phi) is 3.37. The van der Waals surface area contributed by atoms with Gasteiger partial charge in [0.1, 0.15) is 6.10 Å². The molecule has 3 rings (SSSR count). The average molecular weight is 237 g/mol. The number of fused-ring (bicyclic) bond motifs is 2. The Bertz CT molecular complexity index is 284. The molecule has 3 fully saturated rings. The quantitative estimate of drug-likeness (QED) is 0.592. The van der Waals surface area contributed by atoms with Gasteiger partial charge in [0.05, 0.1) is 5.92 Å². The van der Waals surface area contributed by atoms with E-state index in [0.717, 1.165) is 25.7 Å². The minimum Gasteiger partial charge on any atom is -0.462 e. The van der Waals surface area contributed by atoms with Crippen molar-refractivity contribution in [2.24, 2.45) is 5.92 Å². The number of rotatable bonds is 2. The molecule has 3 aliphatic rings. The molecule has 0 aromatic rings. The predicted octanol–water partition coefficient (Wildman–Crippen LogP) is 2.39. The fourth-order valence-electron chi connectivity index (χ4n) is 3.70. The maximum Gasteiger partial charge on any atom is 0.310 e. The smallest absolute Gasteiger partial charge is 0.310 e. The van der Waals surface area contributed by atoms with Crippen LogP contribution in [0.3, 0.4) is 0 Å². The van der Waals surface area contributed by atoms with Gasteiger partial charge in [0.25, 0.3) is 0 Å². The van der Waals surface area contributed by atoms with E-state index in [-0.39, 0.29) is 18.0 Å². The molecule has 96 valence electrons. The first-order chi connectivity index (χ1) is 8.33. The van der Waals surface area contributed by atoms with Crippen LogP contribution in [-0.4, -0.2) is 24.2 Å². The lowest BCUT2D eigenvalue weighted by molar-refractivity contribution is -0.155. The molecule has 17 heavy (non-hydrogen) atoms. The van der Waals surface area contributed by atoms with Crippen LogP contribution in [0, 0.1) is 5.92 Å². The number of esters is 1. The zero-order valence-electron chi connectivity index (χ0n) is 10.5. The summed E-state index contributed by atoms with van der Waals surface area (Å²) in [5.41, 5.74) is 0. The van der Waals surface area contributed by atoms with E-state index in [1.807, 2.05) is 0 Å². The van der Waals surface area contributed by atoms with E-state index in [4.69, 9.17) is 4.74 Å². The maximum absolute atomic E-state index is 12.2. The fraction of sp³-hybridized carbons (Fsp3) is 0.929. The molecule has 3 heteroatoms. The van der Waals surface area contributed by atoms with Crippen molar-refractivity contribution < 1.29 is 9.53 Å². The number of carbonyl (C=O) groups is 1. The molecule has 0 spiro atoms. The van der Waals surface area contributed by atoms with Crippen molar-refractivity contribution in [2.75, 3.05) is 0 Å². The number of hydrogen-bond donors (Lipinski definition) is 1. The number of ether oxygens (including phenoxy) is 1. The van der Waals surface area contributed by atoms with Gasteiger partial charge < -0.3 is 10.1 Å². The summed E-state index contributed by atoms with van der Waals surface area (Å²) < 4.78 is 5.73. The third-order valence-corrected chi connectivity index (χ3v) is 4.69. The molecule has 1 aliphatic carbocycles. The van der Waals surface area contributed by atoms with Gasteiger partial charge in [-0.25, -0.2) is 0 Å². The lowest BCUT2D eigenvalue weighted by atomic mass is 9.89. The van der Waals surface area contributed by atoms with Crippen LogP contribution in [0.4, 0.5) is 0 Å². The van der Waals surface area contributed by atoms with E-state index in [2.05, 4.69) is 5.32 Å². The Morgan fingerprint density at radius 2 is 1.76 bits per heavy atom. The molecule has 0 radical (unpaired) electrons. The highest BCUT2D eigenvalue weighted by molar-refractivity contribution is 5.74. The maximum atomic E-state index is 12.2. The summed E-state index contributed by atoms with van der Waals surface area (Å²) in [4.78, 5) is 12.2. The minimum absolute atomic E-state index is 0.0802. The van der Waals surface area contributed by atoms with Gasteiger partial charge in [-0.05, 0) is 44.9 Å². The lowest BCUT2D eigenvalue weighted by Crippen LogP contribution is -2.32. The van der Waals surface area contributed by atoms with Crippen molar-refractivity contribution >= 4 is 5.97 Å². The topological polar surface area (TPSA) is 38.3 Å². The summed E-state index contributed by atoms with van der Waals surface area (Å²) in [6, 6.07) is 1.00. The summed E-state index contributed by atoms with van der Waals surface area (Å²) in [7, 11) is 0. The van der Waals surface area contributed by atoms with Gasteiger partial charge in [0, 0.05) is 12.1 Å². The molecule has 0 amide bonds. The molecule has 2 aliphatic heterocycles. The van der Waals surface area contributed by atoms with Gasteiger partial charge in [0.15, 0.2) is 0 Å². The Balaban J connectivity index is 1.52. The van der Waals surface area contributed by atoms with Gasteiger partial charge in [-0.3, -0.25) is 4.79 Å². The zero-order valence-corrected chi connectivity index (χ0v) is 10.5. The monoisotopic (exact) mass is 237 g/mol. The second-order valence-electron chi connectivity index (χ2n) is 5.94. The third kappa shape index (κ3) is 2.49. The molecule has 2 bridgehead atoms. The summed E-state index contributed by atoms with van der Waals surface area (Å²) in [5.74, 6) is 0.230. The number of nitrogens with one attached hydrogen (secondary N) is 1. The van der Waals surface area contributed by atoms with E-state index < -0.39 is 0 Å². The van der Waals surface area contributed by atoms with Crippen LogP contribution in [0.25, 0.3) is 0 Å². The van der Waals surface area contributed by atoms with Crippen molar-refractivity contribution in [1.82, 2.24) is 5.32 Å². The van der Waals surface area contributed by atoms with Crippen molar-refractivity contribution in [1.29, 1.82) is 0 Å². The number of hydrogen-bond acceptors (Lipinski definition) is 3. The van der Waals surface area contributed by atoms with E-state index in [9.17, 15) is 4.79 Å². The van der Waals surface area contributed by atoms with Gasteiger partial charge in [-0.2, -0.15) is 0 Å².